The standard InChI is InChI=1S/C19H21ClN2O4/c1-4-25-19(24)22(3)16-9-7-15(8-10-16)21-18(23)13(2)26-17-11-5-14(20)6-12-17/h5-13H,4H2,1-3H3,(H,21,23). The van der Waals surface area contributed by atoms with Crippen molar-refractivity contribution in [3.63, 3.8) is 0 Å². The zero-order chi connectivity index (χ0) is 19.1. The van der Waals surface area contributed by atoms with Gasteiger partial charge in [-0.15, -0.1) is 0 Å². The van der Waals surface area contributed by atoms with Crippen LogP contribution < -0.4 is 15.0 Å². The molecule has 0 aliphatic rings. The summed E-state index contributed by atoms with van der Waals surface area (Å²) in [5.41, 5.74) is 1.26. The number of hydrogen-bond donors (Lipinski definition) is 1. The molecule has 1 unspecified atom stereocenters. The van der Waals surface area contributed by atoms with Crippen LogP contribution in [0.4, 0.5) is 16.2 Å². The highest BCUT2D eigenvalue weighted by molar-refractivity contribution is 6.30. The molecule has 0 fully saturated rings. The van der Waals surface area contributed by atoms with Crippen LogP contribution in [0.5, 0.6) is 5.75 Å². The third-order valence-electron chi connectivity index (χ3n) is 3.56. The minimum absolute atomic E-state index is 0.286. The summed E-state index contributed by atoms with van der Waals surface area (Å²) < 4.78 is 10.5. The van der Waals surface area contributed by atoms with E-state index in [9.17, 15) is 9.59 Å². The molecule has 26 heavy (non-hydrogen) atoms. The van der Waals surface area contributed by atoms with Crippen molar-refractivity contribution in [1.29, 1.82) is 0 Å². The van der Waals surface area contributed by atoms with Crippen LogP contribution in [0.25, 0.3) is 0 Å². The summed E-state index contributed by atoms with van der Waals surface area (Å²) in [6.07, 6.45) is -1.12. The van der Waals surface area contributed by atoms with E-state index in [1.165, 1.54) is 4.90 Å². The van der Waals surface area contributed by atoms with Crippen molar-refractivity contribution in [1.82, 2.24) is 0 Å². The predicted molar refractivity (Wildman–Crippen MR) is 102 cm³/mol. The van der Waals surface area contributed by atoms with E-state index in [-0.39, 0.29) is 5.91 Å². The molecule has 2 aromatic rings. The molecule has 0 aromatic heterocycles. The zero-order valence-corrected chi connectivity index (χ0v) is 15.6. The van der Waals surface area contributed by atoms with Gasteiger partial charge in [0, 0.05) is 23.4 Å². The molecule has 0 aliphatic carbocycles. The fraction of sp³-hybridized carbons (Fsp3) is 0.263. The van der Waals surface area contributed by atoms with Gasteiger partial charge in [0.05, 0.1) is 6.61 Å². The molecule has 0 radical (unpaired) electrons. The van der Waals surface area contributed by atoms with Crippen molar-refractivity contribution < 1.29 is 19.1 Å². The maximum atomic E-state index is 12.2. The van der Waals surface area contributed by atoms with Crippen LogP contribution in [0.3, 0.4) is 0 Å². The van der Waals surface area contributed by atoms with Gasteiger partial charge in [0.1, 0.15) is 5.75 Å². The highest BCUT2D eigenvalue weighted by Gasteiger charge is 2.16. The van der Waals surface area contributed by atoms with Crippen LogP contribution >= 0.6 is 11.6 Å². The highest BCUT2D eigenvalue weighted by Crippen LogP contribution is 2.19. The Balaban J connectivity index is 1.94. The molecule has 2 aromatic carbocycles. The number of carbonyl (C=O) groups is 2. The molecule has 6 nitrogen and oxygen atoms in total. The molecule has 1 N–H and O–H groups in total. The molecule has 0 heterocycles. The number of hydrogen-bond acceptors (Lipinski definition) is 4. The fourth-order valence-electron chi connectivity index (χ4n) is 2.11. The van der Waals surface area contributed by atoms with E-state index in [1.54, 1.807) is 69.4 Å². The van der Waals surface area contributed by atoms with E-state index in [4.69, 9.17) is 21.1 Å². The molecular formula is C19H21ClN2O4. The Kier molecular flexibility index (Phi) is 6.86. The highest BCUT2D eigenvalue weighted by atomic mass is 35.5. The maximum absolute atomic E-state index is 12.2. The van der Waals surface area contributed by atoms with Gasteiger partial charge in [0.2, 0.25) is 0 Å². The van der Waals surface area contributed by atoms with Crippen molar-refractivity contribution in [2.45, 2.75) is 20.0 Å². The first-order valence-corrected chi connectivity index (χ1v) is 8.52. The van der Waals surface area contributed by atoms with Crippen LogP contribution in [0, 0.1) is 0 Å². The Morgan fingerprint density at radius 3 is 2.31 bits per heavy atom. The fourth-order valence-corrected chi connectivity index (χ4v) is 2.23. The first-order chi connectivity index (χ1) is 12.4. The molecular weight excluding hydrogens is 356 g/mol. The predicted octanol–water partition coefficient (Wildman–Crippen LogP) is 4.34. The summed E-state index contributed by atoms with van der Waals surface area (Å²) >= 11 is 5.82. The molecule has 0 aliphatic heterocycles. The van der Waals surface area contributed by atoms with Crippen molar-refractivity contribution in [3.05, 3.63) is 53.6 Å². The van der Waals surface area contributed by atoms with Crippen molar-refractivity contribution in [2.24, 2.45) is 0 Å². The van der Waals surface area contributed by atoms with E-state index in [2.05, 4.69) is 5.32 Å². The van der Waals surface area contributed by atoms with Crippen molar-refractivity contribution in [3.8, 4) is 5.75 Å². The van der Waals surface area contributed by atoms with Crippen molar-refractivity contribution >= 4 is 35.0 Å². The second-order valence-corrected chi connectivity index (χ2v) is 5.94. The molecule has 0 spiro atoms. The van der Waals surface area contributed by atoms with Gasteiger partial charge in [0.25, 0.3) is 5.91 Å². The minimum Gasteiger partial charge on any atom is -0.481 e. The molecule has 0 saturated carbocycles. The van der Waals surface area contributed by atoms with E-state index in [0.29, 0.717) is 28.8 Å². The zero-order valence-electron chi connectivity index (χ0n) is 14.9. The van der Waals surface area contributed by atoms with Crippen LogP contribution in [0.1, 0.15) is 13.8 Å². The maximum Gasteiger partial charge on any atom is 0.413 e. The molecule has 0 saturated heterocycles. The lowest BCUT2D eigenvalue weighted by atomic mass is 10.2. The third-order valence-corrected chi connectivity index (χ3v) is 3.81. The lowest BCUT2D eigenvalue weighted by Crippen LogP contribution is -2.30. The van der Waals surface area contributed by atoms with E-state index < -0.39 is 12.2 Å². The molecule has 0 bridgehead atoms. The Morgan fingerprint density at radius 1 is 1.12 bits per heavy atom. The van der Waals surface area contributed by atoms with Gasteiger partial charge in [-0.05, 0) is 62.4 Å². The van der Waals surface area contributed by atoms with Crippen LogP contribution in [-0.2, 0) is 9.53 Å². The second-order valence-electron chi connectivity index (χ2n) is 5.51. The van der Waals surface area contributed by atoms with Crippen LogP contribution in [0.2, 0.25) is 5.02 Å². The molecule has 138 valence electrons. The van der Waals surface area contributed by atoms with Gasteiger partial charge in [-0.25, -0.2) is 4.79 Å². The van der Waals surface area contributed by atoms with Gasteiger partial charge in [-0.3, -0.25) is 9.69 Å². The van der Waals surface area contributed by atoms with Crippen molar-refractivity contribution in [2.75, 3.05) is 23.9 Å². The van der Waals surface area contributed by atoms with E-state index in [1.807, 2.05) is 0 Å². The average Bonchev–Trinajstić information content (AvgIpc) is 2.63. The Hall–Kier alpha value is -2.73. The summed E-state index contributed by atoms with van der Waals surface area (Å²) in [6, 6.07) is 13.6. The van der Waals surface area contributed by atoms with Gasteiger partial charge in [-0.2, -0.15) is 0 Å². The number of ether oxygens (including phenoxy) is 2. The largest absolute Gasteiger partial charge is 0.481 e. The molecule has 7 heteroatoms. The summed E-state index contributed by atoms with van der Waals surface area (Å²) in [4.78, 5) is 25.3. The number of amides is 2. The topological polar surface area (TPSA) is 67.9 Å². The quantitative estimate of drug-likeness (QED) is 0.814. The van der Waals surface area contributed by atoms with E-state index >= 15 is 0 Å². The van der Waals surface area contributed by atoms with Gasteiger partial charge < -0.3 is 14.8 Å². The summed E-state index contributed by atoms with van der Waals surface area (Å²) in [5.74, 6) is 0.273. The third kappa shape index (κ3) is 5.39. The number of carbonyl (C=O) groups excluding carboxylic acids is 2. The first-order valence-electron chi connectivity index (χ1n) is 8.14. The number of anilines is 2. The molecule has 2 rings (SSSR count). The Morgan fingerprint density at radius 2 is 1.73 bits per heavy atom. The lowest BCUT2D eigenvalue weighted by molar-refractivity contribution is -0.122. The number of halogens is 1. The minimum atomic E-state index is -0.682. The normalized spacial score (nSPS) is 11.4. The number of rotatable bonds is 6. The Labute approximate surface area is 157 Å². The molecule has 2 amide bonds. The van der Waals surface area contributed by atoms with Crippen LogP contribution in [-0.4, -0.2) is 31.8 Å². The average molecular weight is 377 g/mol. The number of benzene rings is 2. The number of nitrogens with zero attached hydrogens (tertiary/aromatic N) is 1. The van der Waals surface area contributed by atoms with E-state index in [0.717, 1.165) is 0 Å². The second kappa shape index (κ2) is 9.10. The van der Waals surface area contributed by atoms with Crippen LogP contribution in [0.15, 0.2) is 48.5 Å². The Bertz CT molecular complexity index is 747. The number of nitrogens with one attached hydrogen (secondary N) is 1. The lowest BCUT2D eigenvalue weighted by Gasteiger charge is -2.18. The SMILES string of the molecule is CCOC(=O)N(C)c1ccc(NC(=O)C(C)Oc2ccc(Cl)cc2)cc1. The molecule has 1 atom stereocenters. The summed E-state index contributed by atoms with van der Waals surface area (Å²) in [7, 11) is 1.62. The van der Waals surface area contributed by atoms with Gasteiger partial charge in [0.15, 0.2) is 6.10 Å². The van der Waals surface area contributed by atoms with Gasteiger partial charge >= 0.3 is 6.09 Å². The monoisotopic (exact) mass is 376 g/mol. The summed E-state index contributed by atoms with van der Waals surface area (Å²) in [6.45, 7) is 3.72. The smallest absolute Gasteiger partial charge is 0.413 e. The summed E-state index contributed by atoms with van der Waals surface area (Å²) in [5, 5.41) is 3.37. The van der Waals surface area contributed by atoms with Gasteiger partial charge in [-0.1, -0.05) is 11.6 Å². The first kappa shape index (κ1) is 19.6.